The molecule has 3 heterocycles. The normalized spacial score (nSPS) is 19.8. The van der Waals surface area contributed by atoms with Crippen LogP contribution in [0.1, 0.15) is 26.2 Å². The number of aromatic nitrogens is 1. The van der Waals surface area contributed by atoms with Gasteiger partial charge < -0.3 is 10.2 Å². The predicted octanol–water partition coefficient (Wildman–Crippen LogP) is 2.47. The Morgan fingerprint density at radius 2 is 1.84 bits per heavy atom. The second-order valence-electron chi connectivity index (χ2n) is 8.00. The largest absolute Gasteiger partial charge is 0.346 e. The number of nitrogens with one attached hydrogen (secondary N) is 1. The quantitative estimate of drug-likeness (QED) is 0.708. The van der Waals surface area contributed by atoms with Crippen molar-refractivity contribution >= 4 is 38.1 Å². The highest BCUT2D eigenvalue weighted by Gasteiger charge is 2.28. The third kappa shape index (κ3) is 5.08. The molecule has 0 bridgehead atoms. The maximum atomic E-state index is 12.9. The molecule has 0 spiro atoms. The second kappa shape index (κ2) is 9.64. The van der Waals surface area contributed by atoms with Gasteiger partial charge in [0.05, 0.1) is 10.9 Å². The van der Waals surface area contributed by atoms with Gasteiger partial charge in [0.25, 0.3) is 0 Å². The van der Waals surface area contributed by atoms with E-state index in [0.29, 0.717) is 18.8 Å². The van der Waals surface area contributed by atoms with Crippen LogP contribution in [0.15, 0.2) is 40.7 Å². The number of sulfonamides is 1. The lowest BCUT2D eigenvalue weighted by Gasteiger charge is -2.37. The van der Waals surface area contributed by atoms with Crippen LogP contribution in [0.25, 0.3) is 0 Å². The van der Waals surface area contributed by atoms with Gasteiger partial charge in [-0.1, -0.05) is 12.5 Å². The van der Waals surface area contributed by atoms with E-state index in [-0.39, 0.29) is 16.8 Å². The topological polar surface area (TPSA) is 85.8 Å². The maximum Gasteiger partial charge on any atom is 0.243 e. The van der Waals surface area contributed by atoms with Crippen LogP contribution in [0.2, 0.25) is 0 Å². The zero-order valence-corrected chi connectivity index (χ0v) is 19.4. The van der Waals surface area contributed by atoms with Gasteiger partial charge in [0, 0.05) is 56.5 Å². The van der Waals surface area contributed by atoms with Crippen molar-refractivity contribution in [3.05, 3.63) is 35.8 Å². The number of nitrogens with zero attached hydrogens (tertiary/aromatic N) is 4. The predicted molar refractivity (Wildman–Crippen MR) is 123 cm³/mol. The number of hydrogen-bond acceptors (Lipinski definition) is 7. The van der Waals surface area contributed by atoms with Gasteiger partial charge in [-0.2, -0.15) is 4.31 Å². The summed E-state index contributed by atoms with van der Waals surface area (Å²) in [5.74, 6) is -0.129. The molecule has 2 aliphatic rings. The summed E-state index contributed by atoms with van der Waals surface area (Å²) in [5, 5.41) is 5.89. The average Bonchev–Trinajstić information content (AvgIpc) is 3.34. The molecule has 4 rings (SSSR count). The summed E-state index contributed by atoms with van der Waals surface area (Å²) in [6.45, 7) is 6.22. The van der Waals surface area contributed by atoms with E-state index < -0.39 is 10.0 Å². The van der Waals surface area contributed by atoms with Crippen LogP contribution < -0.4 is 10.2 Å². The number of hydrogen-bond donors (Lipinski definition) is 1. The number of piperidine rings is 1. The summed E-state index contributed by atoms with van der Waals surface area (Å²) >= 11 is 1.63. The minimum atomic E-state index is -3.53. The highest BCUT2D eigenvalue weighted by Crippen LogP contribution is 2.24. The first-order valence-electron chi connectivity index (χ1n) is 10.7. The number of carbonyl (C=O) groups is 1. The molecule has 1 atom stereocenters. The Morgan fingerprint density at radius 1 is 1.10 bits per heavy atom. The minimum Gasteiger partial charge on any atom is -0.346 e. The fraction of sp³-hybridized carbons (Fsp3) is 0.524. The zero-order valence-electron chi connectivity index (χ0n) is 17.7. The Morgan fingerprint density at radius 3 is 2.52 bits per heavy atom. The van der Waals surface area contributed by atoms with Gasteiger partial charge in [-0.15, -0.1) is 11.3 Å². The first kappa shape index (κ1) is 22.2. The van der Waals surface area contributed by atoms with E-state index in [1.807, 2.05) is 18.5 Å². The van der Waals surface area contributed by atoms with Crippen molar-refractivity contribution in [2.75, 3.05) is 49.5 Å². The summed E-state index contributed by atoms with van der Waals surface area (Å²) in [4.78, 5) is 21.8. The van der Waals surface area contributed by atoms with Gasteiger partial charge in [-0.3, -0.25) is 9.69 Å². The highest BCUT2D eigenvalue weighted by molar-refractivity contribution is 7.89. The van der Waals surface area contributed by atoms with Gasteiger partial charge in [-0.05, 0) is 38.0 Å². The van der Waals surface area contributed by atoms with E-state index in [1.165, 1.54) is 0 Å². The van der Waals surface area contributed by atoms with E-state index in [0.717, 1.165) is 50.6 Å². The lowest BCUT2D eigenvalue weighted by molar-refractivity contribution is -0.120. The van der Waals surface area contributed by atoms with Crippen molar-refractivity contribution < 1.29 is 13.2 Å². The van der Waals surface area contributed by atoms with Crippen molar-refractivity contribution in [3.8, 4) is 0 Å². The van der Waals surface area contributed by atoms with Crippen molar-refractivity contribution in [2.45, 2.75) is 37.1 Å². The fourth-order valence-corrected chi connectivity index (χ4v) is 6.33. The van der Waals surface area contributed by atoms with Gasteiger partial charge in [0.1, 0.15) is 0 Å². The van der Waals surface area contributed by atoms with Crippen LogP contribution in [0.4, 0.5) is 10.8 Å². The molecule has 2 aliphatic heterocycles. The molecule has 0 radical (unpaired) electrons. The third-order valence-electron chi connectivity index (χ3n) is 5.99. The molecule has 2 aromatic rings. The molecule has 1 unspecified atom stereocenters. The zero-order chi connectivity index (χ0) is 21.8. The molecule has 2 saturated heterocycles. The number of rotatable bonds is 6. The van der Waals surface area contributed by atoms with E-state index >= 15 is 0 Å². The smallest absolute Gasteiger partial charge is 0.243 e. The first-order valence-corrected chi connectivity index (χ1v) is 13.1. The molecule has 0 aliphatic carbocycles. The van der Waals surface area contributed by atoms with Crippen LogP contribution in [-0.2, 0) is 14.8 Å². The SMILES string of the molecule is CC(C(=O)Nc1cccc(S(=O)(=O)N2CCCCC2)c1)N1CCN(c2nccs2)CC1. The third-order valence-corrected chi connectivity index (χ3v) is 8.71. The summed E-state index contributed by atoms with van der Waals surface area (Å²) < 4.78 is 27.4. The molecule has 1 aromatic carbocycles. The molecule has 8 nitrogen and oxygen atoms in total. The molecule has 31 heavy (non-hydrogen) atoms. The van der Waals surface area contributed by atoms with Gasteiger partial charge in [-0.25, -0.2) is 13.4 Å². The Bertz CT molecular complexity index is 982. The van der Waals surface area contributed by atoms with E-state index in [2.05, 4.69) is 20.1 Å². The standard InChI is InChI=1S/C21H29N5O3S2/c1-17(24-11-13-25(14-12-24)21-22-8-15-30-21)20(27)23-18-6-5-7-19(16-18)31(28,29)26-9-3-2-4-10-26/h5-8,15-17H,2-4,9-14H2,1H3,(H,23,27). The molecule has 1 N–H and O–H groups in total. The van der Waals surface area contributed by atoms with E-state index in [4.69, 9.17) is 0 Å². The van der Waals surface area contributed by atoms with Crippen LogP contribution in [0.3, 0.4) is 0 Å². The van der Waals surface area contributed by atoms with Crippen molar-refractivity contribution in [1.82, 2.24) is 14.2 Å². The monoisotopic (exact) mass is 463 g/mol. The van der Waals surface area contributed by atoms with Gasteiger partial charge >= 0.3 is 0 Å². The Labute approximate surface area is 187 Å². The maximum absolute atomic E-state index is 12.9. The van der Waals surface area contributed by atoms with Crippen LogP contribution in [-0.4, -0.2) is 73.8 Å². The number of thiazole rings is 1. The average molecular weight is 464 g/mol. The lowest BCUT2D eigenvalue weighted by atomic mass is 10.2. The van der Waals surface area contributed by atoms with Gasteiger partial charge in [0.15, 0.2) is 5.13 Å². The van der Waals surface area contributed by atoms with Crippen molar-refractivity contribution in [3.63, 3.8) is 0 Å². The van der Waals surface area contributed by atoms with E-state index in [9.17, 15) is 13.2 Å². The van der Waals surface area contributed by atoms with Crippen LogP contribution in [0.5, 0.6) is 0 Å². The number of piperazine rings is 1. The number of amides is 1. The molecular weight excluding hydrogens is 434 g/mol. The Kier molecular flexibility index (Phi) is 6.90. The van der Waals surface area contributed by atoms with E-state index in [1.54, 1.807) is 39.9 Å². The molecule has 168 valence electrons. The molecule has 2 fully saturated rings. The fourth-order valence-electron chi connectivity index (χ4n) is 4.07. The second-order valence-corrected chi connectivity index (χ2v) is 10.8. The summed E-state index contributed by atoms with van der Waals surface area (Å²) in [6, 6.07) is 6.28. The lowest BCUT2D eigenvalue weighted by Crippen LogP contribution is -2.52. The molecule has 1 aromatic heterocycles. The number of anilines is 2. The highest BCUT2D eigenvalue weighted by atomic mass is 32.2. The van der Waals surface area contributed by atoms with Crippen LogP contribution >= 0.6 is 11.3 Å². The summed E-state index contributed by atoms with van der Waals surface area (Å²) in [6.07, 6.45) is 4.66. The molecular formula is C21H29N5O3S2. The van der Waals surface area contributed by atoms with Crippen LogP contribution in [0, 0.1) is 0 Å². The summed E-state index contributed by atoms with van der Waals surface area (Å²) in [5.41, 5.74) is 0.511. The molecule has 0 saturated carbocycles. The number of carbonyl (C=O) groups excluding carboxylic acids is 1. The molecule has 10 heteroatoms. The Balaban J connectivity index is 1.37. The van der Waals surface area contributed by atoms with Crippen molar-refractivity contribution in [2.24, 2.45) is 0 Å². The van der Waals surface area contributed by atoms with Gasteiger partial charge in [0.2, 0.25) is 15.9 Å². The minimum absolute atomic E-state index is 0.129. The Hall–Kier alpha value is -2.01. The molecule has 1 amide bonds. The number of benzene rings is 1. The summed E-state index contributed by atoms with van der Waals surface area (Å²) in [7, 11) is -3.53. The van der Waals surface area contributed by atoms with Crippen molar-refractivity contribution in [1.29, 1.82) is 0 Å². The first-order chi connectivity index (χ1) is 14.9.